The fourth-order valence-electron chi connectivity index (χ4n) is 4.99. The molecule has 3 heterocycles. The van der Waals surface area contributed by atoms with E-state index in [1.54, 1.807) is 26.1 Å². The number of likely N-dealkylation sites (tertiary alicyclic amines) is 1. The second kappa shape index (κ2) is 11.1. The third-order valence-electron chi connectivity index (χ3n) is 6.89. The number of halogens is 3. The molecule has 6 atom stereocenters. The zero-order valence-electron chi connectivity index (χ0n) is 21.0. The van der Waals surface area contributed by atoms with Crippen LogP contribution in [0.25, 0.3) is 0 Å². The molecule has 0 bridgehead atoms. The fourth-order valence-corrected chi connectivity index (χ4v) is 4.99. The van der Waals surface area contributed by atoms with Gasteiger partial charge in [-0.3, -0.25) is 14.4 Å². The van der Waals surface area contributed by atoms with Gasteiger partial charge in [-0.25, -0.2) is 4.79 Å². The van der Waals surface area contributed by atoms with Gasteiger partial charge >= 0.3 is 12.2 Å². The number of hydrogen-bond acceptors (Lipinski definition) is 6. The second-order valence-corrected chi connectivity index (χ2v) is 10.8. The molecule has 37 heavy (non-hydrogen) atoms. The van der Waals surface area contributed by atoms with Crippen LogP contribution in [-0.4, -0.2) is 85.3 Å². The number of carbonyl (C=O) groups is 4. The number of nitrogens with zero attached hydrogens (tertiary/aromatic N) is 2. The zero-order chi connectivity index (χ0) is 27.5. The van der Waals surface area contributed by atoms with Crippen molar-refractivity contribution in [1.29, 1.82) is 5.26 Å². The van der Waals surface area contributed by atoms with Gasteiger partial charge in [0.1, 0.15) is 24.7 Å². The first-order valence-corrected chi connectivity index (χ1v) is 12.2. The summed E-state index contributed by atoms with van der Waals surface area (Å²) in [5.41, 5.74) is -0.905. The maximum Gasteiger partial charge on any atom is 0.405 e. The monoisotopic (exact) mass is 530 g/mol. The summed E-state index contributed by atoms with van der Waals surface area (Å²) < 4.78 is 43.3. The van der Waals surface area contributed by atoms with Gasteiger partial charge in [0.25, 0.3) is 0 Å². The quantitative estimate of drug-likeness (QED) is 0.374. The summed E-state index contributed by atoms with van der Waals surface area (Å²) in [5.74, 6) is -2.01. The smallest absolute Gasteiger partial charge is 0.375 e. The van der Waals surface area contributed by atoms with E-state index in [9.17, 15) is 37.6 Å². The van der Waals surface area contributed by atoms with Crippen LogP contribution in [0.2, 0.25) is 0 Å². The lowest BCUT2D eigenvalue weighted by atomic mass is 9.85. The Kier molecular flexibility index (Phi) is 8.56. The van der Waals surface area contributed by atoms with Crippen molar-refractivity contribution in [2.75, 3.05) is 26.2 Å². The maximum absolute atomic E-state index is 13.7. The topological polar surface area (TPSA) is 153 Å². The number of alkyl halides is 3. The molecule has 0 aromatic carbocycles. The molecule has 3 rings (SSSR count). The lowest BCUT2D eigenvalue weighted by Crippen LogP contribution is -2.61. The molecule has 206 valence electrons. The van der Waals surface area contributed by atoms with Crippen molar-refractivity contribution >= 4 is 23.8 Å². The largest absolute Gasteiger partial charge is 0.405 e. The van der Waals surface area contributed by atoms with Crippen molar-refractivity contribution in [1.82, 2.24) is 26.2 Å². The van der Waals surface area contributed by atoms with Crippen molar-refractivity contribution < 1.29 is 37.1 Å². The molecule has 4 N–H and O–H groups in total. The summed E-state index contributed by atoms with van der Waals surface area (Å²) in [6, 6.07) is -2.49. The number of nitrogens with one attached hydrogen (secondary N) is 4. The SMILES string of the molecule is CC(C)(C)[C@H](NC(=O)NCC(F)(F)F)C(=O)N1C[C@@H]2CCO[C@@H]2[C@H]1C(=O)N[C@H](C#N)CC1CCNC1=O. The van der Waals surface area contributed by atoms with Crippen LogP contribution in [0.3, 0.4) is 0 Å². The Labute approximate surface area is 212 Å². The Hall–Kier alpha value is -3.08. The maximum atomic E-state index is 13.7. The van der Waals surface area contributed by atoms with E-state index in [4.69, 9.17) is 4.74 Å². The molecule has 3 fully saturated rings. The predicted molar refractivity (Wildman–Crippen MR) is 122 cm³/mol. The third kappa shape index (κ3) is 7.03. The van der Waals surface area contributed by atoms with E-state index in [1.165, 1.54) is 4.90 Å². The van der Waals surface area contributed by atoms with Gasteiger partial charge < -0.3 is 30.9 Å². The minimum Gasteiger partial charge on any atom is -0.375 e. The highest BCUT2D eigenvalue weighted by Gasteiger charge is 2.53. The molecule has 0 aliphatic carbocycles. The highest BCUT2D eigenvalue weighted by molar-refractivity contribution is 5.93. The number of rotatable bonds is 7. The number of ether oxygens (including phenoxy) is 1. The number of fused-ring (bicyclic) bond motifs is 1. The molecule has 0 saturated carbocycles. The van der Waals surface area contributed by atoms with Gasteiger partial charge in [0.15, 0.2) is 0 Å². The molecule has 3 saturated heterocycles. The molecule has 5 amide bonds. The van der Waals surface area contributed by atoms with Crippen LogP contribution in [0.4, 0.5) is 18.0 Å². The highest BCUT2D eigenvalue weighted by Crippen LogP contribution is 2.36. The first kappa shape index (κ1) is 28.5. The van der Waals surface area contributed by atoms with Crippen molar-refractivity contribution in [3.63, 3.8) is 0 Å². The van der Waals surface area contributed by atoms with Gasteiger partial charge in [-0.1, -0.05) is 20.8 Å². The number of urea groups is 1. The van der Waals surface area contributed by atoms with E-state index in [1.807, 2.05) is 6.07 Å². The average molecular weight is 531 g/mol. The molecular formula is C23H33F3N6O5. The summed E-state index contributed by atoms with van der Waals surface area (Å²) in [6.07, 6.45) is -3.99. The van der Waals surface area contributed by atoms with Crippen molar-refractivity contribution in [2.24, 2.45) is 17.3 Å². The number of amides is 5. The Morgan fingerprint density at radius 1 is 1.22 bits per heavy atom. The van der Waals surface area contributed by atoms with Crippen LogP contribution in [0.5, 0.6) is 0 Å². The van der Waals surface area contributed by atoms with Gasteiger partial charge in [-0.2, -0.15) is 18.4 Å². The minimum atomic E-state index is -4.62. The molecular weight excluding hydrogens is 497 g/mol. The normalized spacial score (nSPS) is 27.1. The van der Waals surface area contributed by atoms with E-state index in [2.05, 4.69) is 16.0 Å². The minimum absolute atomic E-state index is 0.120. The molecule has 1 unspecified atom stereocenters. The molecule has 3 aliphatic rings. The van der Waals surface area contributed by atoms with E-state index < -0.39 is 66.1 Å². The van der Waals surface area contributed by atoms with Gasteiger partial charge in [-0.05, 0) is 24.7 Å². The molecule has 14 heteroatoms. The van der Waals surface area contributed by atoms with Gasteiger partial charge in [-0.15, -0.1) is 0 Å². The van der Waals surface area contributed by atoms with Crippen LogP contribution in [-0.2, 0) is 19.1 Å². The summed E-state index contributed by atoms with van der Waals surface area (Å²) >= 11 is 0. The van der Waals surface area contributed by atoms with Gasteiger partial charge in [0.2, 0.25) is 17.7 Å². The highest BCUT2D eigenvalue weighted by atomic mass is 19.4. The second-order valence-electron chi connectivity index (χ2n) is 10.8. The summed E-state index contributed by atoms with van der Waals surface area (Å²) in [5, 5.41) is 18.9. The Morgan fingerprint density at radius 3 is 2.49 bits per heavy atom. The Morgan fingerprint density at radius 2 is 1.92 bits per heavy atom. The summed E-state index contributed by atoms with van der Waals surface area (Å²) in [6.45, 7) is 4.40. The van der Waals surface area contributed by atoms with E-state index in [0.29, 0.717) is 26.0 Å². The first-order valence-electron chi connectivity index (χ1n) is 12.2. The average Bonchev–Trinajstić information content (AvgIpc) is 3.50. The molecule has 11 nitrogen and oxygen atoms in total. The van der Waals surface area contributed by atoms with Crippen LogP contribution in [0, 0.1) is 28.6 Å². The lowest BCUT2D eigenvalue weighted by molar-refractivity contribution is -0.144. The summed E-state index contributed by atoms with van der Waals surface area (Å²) in [4.78, 5) is 52.4. The first-order chi connectivity index (χ1) is 17.2. The molecule has 0 radical (unpaired) electrons. The Balaban J connectivity index is 1.76. The van der Waals surface area contributed by atoms with Gasteiger partial charge in [0, 0.05) is 31.5 Å². The van der Waals surface area contributed by atoms with Gasteiger partial charge in [0.05, 0.1) is 12.2 Å². The molecule has 0 aromatic rings. The lowest BCUT2D eigenvalue weighted by Gasteiger charge is -2.36. The van der Waals surface area contributed by atoms with Crippen LogP contribution in [0.15, 0.2) is 0 Å². The number of carbonyl (C=O) groups excluding carboxylic acids is 4. The number of hydrogen-bond donors (Lipinski definition) is 4. The molecule has 3 aliphatic heterocycles. The van der Waals surface area contributed by atoms with Crippen molar-refractivity contribution in [2.45, 2.75) is 70.4 Å². The van der Waals surface area contributed by atoms with Crippen LogP contribution < -0.4 is 21.3 Å². The molecule has 0 aromatic heterocycles. The van der Waals surface area contributed by atoms with E-state index in [0.717, 1.165) is 0 Å². The standard InChI is InChI=1S/C23H33F3N6O5/c1-22(2,3)17(31-21(36)29-11-23(24,25)26)20(35)32-10-13-5-7-37-16(13)15(32)19(34)30-14(9-27)8-12-4-6-28-18(12)33/h12-17H,4-8,10-11H2,1-3H3,(H,28,33)(H,30,34)(H2,29,31,36)/t12?,13-,14-,15-,16-,17+/m0/s1. The Bertz CT molecular complexity index is 947. The van der Waals surface area contributed by atoms with Crippen LogP contribution >= 0.6 is 0 Å². The molecule has 0 spiro atoms. The van der Waals surface area contributed by atoms with E-state index in [-0.39, 0.29) is 24.8 Å². The summed E-state index contributed by atoms with van der Waals surface area (Å²) in [7, 11) is 0. The number of nitriles is 1. The zero-order valence-corrected chi connectivity index (χ0v) is 21.0. The predicted octanol–water partition coefficient (Wildman–Crippen LogP) is 0.413. The van der Waals surface area contributed by atoms with Crippen molar-refractivity contribution in [3.8, 4) is 6.07 Å². The van der Waals surface area contributed by atoms with Crippen molar-refractivity contribution in [3.05, 3.63) is 0 Å². The third-order valence-corrected chi connectivity index (χ3v) is 6.89. The fraction of sp³-hybridized carbons (Fsp3) is 0.783. The van der Waals surface area contributed by atoms with Crippen LogP contribution in [0.1, 0.15) is 40.0 Å². The van der Waals surface area contributed by atoms with E-state index >= 15 is 0 Å².